The van der Waals surface area contributed by atoms with Crippen LogP contribution in [0, 0.1) is 0 Å². The highest BCUT2D eigenvalue weighted by Gasteiger charge is 2.43. The molecule has 0 bridgehead atoms. The zero-order chi connectivity index (χ0) is 31.2. The Morgan fingerprint density at radius 1 is 0.659 bits per heavy atom. The number of aliphatic imine (C=N–C) groups is 2. The van der Waals surface area contributed by atoms with Gasteiger partial charge in [0, 0.05) is 11.1 Å². The molecule has 0 aromatic heterocycles. The van der Waals surface area contributed by atoms with E-state index in [2.05, 4.69) is 0 Å². The maximum absolute atomic E-state index is 11.3. The highest BCUT2D eigenvalue weighted by Crippen LogP contribution is 2.56. The summed E-state index contributed by atoms with van der Waals surface area (Å²) in [4.78, 5) is 9.76. The summed E-state index contributed by atoms with van der Waals surface area (Å²) < 4.78 is 47.7. The van der Waals surface area contributed by atoms with Gasteiger partial charge in [-0.05, 0) is 37.8 Å². The standard InChI is InChI=1S/C32H40N2O10/c1-7-31(35,8-2)21-13-39-29(33-21)17-11-19-25(43-15-41-19)27(37-5)23(17)24-18(12-20-26(28(24)38-6)44-16-42-20)30-34-22(14-40-30)32(36,9-3)10-4/h11-12,21-22,35-36H,7-10,13-16H2,1-6H3/t21-,22-/m0/s1. The molecule has 4 aliphatic heterocycles. The topological polar surface area (TPSA) is 139 Å². The number of nitrogens with zero attached hydrogens (tertiary/aromatic N) is 2. The summed E-state index contributed by atoms with van der Waals surface area (Å²) in [5.41, 5.74) is 0.0647. The smallest absolute Gasteiger partial charge is 0.231 e. The first-order chi connectivity index (χ1) is 21.2. The maximum Gasteiger partial charge on any atom is 0.231 e. The Morgan fingerprint density at radius 2 is 1.05 bits per heavy atom. The van der Waals surface area contributed by atoms with Crippen molar-refractivity contribution in [3.63, 3.8) is 0 Å². The van der Waals surface area contributed by atoms with Crippen LogP contribution in [0.2, 0.25) is 0 Å². The Balaban J connectivity index is 1.63. The first kappa shape index (κ1) is 30.1. The van der Waals surface area contributed by atoms with Gasteiger partial charge in [0.15, 0.2) is 23.0 Å². The maximum atomic E-state index is 11.3. The summed E-state index contributed by atoms with van der Waals surface area (Å²) in [5.74, 6) is 3.08. The molecule has 12 heteroatoms. The lowest BCUT2D eigenvalue weighted by atomic mass is 9.89. The first-order valence-electron chi connectivity index (χ1n) is 15.1. The Morgan fingerprint density at radius 3 is 1.39 bits per heavy atom. The SMILES string of the molecule is CCC(O)(CC)[C@@H]1COC(c2cc3c(c(OC)c2-c2c(C4=N[C@H](C(O)(CC)CC)CO4)cc4c(c2OC)OCO4)OCO3)=N1. The van der Waals surface area contributed by atoms with Crippen LogP contribution in [-0.4, -0.2) is 86.3 Å². The average molecular weight is 613 g/mol. The largest absolute Gasteiger partial charge is 0.492 e. The van der Waals surface area contributed by atoms with Crippen LogP contribution < -0.4 is 28.4 Å². The van der Waals surface area contributed by atoms with Gasteiger partial charge in [-0.2, -0.15) is 0 Å². The van der Waals surface area contributed by atoms with E-state index < -0.39 is 23.3 Å². The molecule has 238 valence electrons. The van der Waals surface area contributed by atoms with Crippen LogP contribution >= 0.6 is 0 Å². The van der Waals surface area contributed by atoms with E-state index in [0.717, 1.165) is 0 Å². The molecule has 0 radical (unpaired) electrons. The number of ether oxygens (including phenoxy) is 8. The number of rotatable bonds is 11. The number of aliphatic hydroxyl groups is 2. The van der Waals surface area contributed by atoms with Crippen molar-refractivity contribution < 1.29 is 48.1 Å². The molecule has 0 amide bonds. The fraction of sp³-hybridized carbons (Fsp3) is 0.562. The van der Waals surface area contributed by atoms with Crippen molar-refractivity contribution in [3.05, 3.63) is 23.3 Å². The zero-order valence-electron chi connectivity index (χ0n) is 26.0. The minimum Gasteiger partial charge on any atom is -0.492 e. The fourth-order valence-corrected chi connectivity index (χ4v) is 6.28. The lowest BCUT2D eigenvalue weighted by Crippen LogP contribution is -2.40. The molecular weight excluding hydrogens is 572 g/mol. The first-order valence-corrected chi connectivity index (χ1v) is 15.1. The molecule has 44 heavy (non-hydrogen) atoms. The Labute approximate surface area is 256 Å². The van der Waals surface area contributed by atoms with Gasteiger partial charge in [0.25, 0.3) is 0 Å². The summed E-state index contributed by atoms with van der Waals surface area (Å²) >= 11 is 0. The number of methoxy groups -OCH3 is 2. The van der Waals surface area contributed by atoms with Crippen molar-refractivity contribution in [1.82, 2.24) is 0 Å². The third-order valence-corrected chi connectivity index (χ3v) is 9.35. The van der Waals surface area contributed by atoms with Crippen molar-refractivity contribution in [3.8, 4) is 45.6 Å². The highest BCUT2D eigenvalue weighted by atomic mass is 16.7. The molecule has 0 unspecified atom stereocenters. The molecule has 2 aromatic rings. The van der Waals surface area contributed by atoms with Gasteiger partial charge in [-0.1, -0.05) is 27.7 Å². The van der Waals surface area contributed by atoms with Crippen LogP contribution in [0.15, 0.2) is 22.1 Å². The van der Waals surface area contributed by atoms with Crippen LogP contribution in [-0.2, 0) is 9.47 Å². The second-order valence-electron chi connectivity index (χ2n) is 11.3. The summed E-state index contributed by atoms with van der Waals surface area (Å²) in [7, 11) is 3.08. The summed E-state index contributed by atoms with van der Waals surface area (Å²) in [6.45, 7) is 8.16. The van der Waals surface area contributed by atoms with Gasteiger partial charge in [0.1, 0.15) is 25.3 Å². The van der Waals surface area contributed by atoms with E-state index in [1.165, 1.54) is 0 Å². The van der Waals surface area contributed by atoms with Crippen LogP contribution in [0.1, 0.15) is 64.5 Å². The quantitative estimate of drug-likeness (QED) is 0.379. The van der Waals surface area contributed by atoms with E-state index in [9.17, 15) is 10.2 Å². The Kier molecular flexibility index (Phi) is 7.91. The summed E-state index contributed by atoms with van der Waals surface area (Å²) in [6.07, 6.45) is 2.08. The van der Waals surface area contributed by atoms with E-state index in [-0.39, 0.29) is 26.8 Å². The third kappa shape index (κ3) is 4.66. The molecule has 2 atom stereocenters. The number of fused-ring (bicyclic) bond motifs is 2. The van der Waals surface area contributed by atoms with Crippen molar-refractivity contribution in [2.24, 2.45) is 9.98 Å². The predicted molar refractivity (Wildman–Crippen MR) is 161 cm³/mol. The molecule has 0 saturated carbocycles. The van der Waals surface area contributed by atoms with Crippen molar-refractivity contribution in [1.29, 1.82) is 0 Å². The second kappa shape index (κ2) is 11.6. The predicted octanol–water partition coefficient (Wildman–Crippen LogP) is 4.22. The summed E-state index contributed by atoms with van der Waals surface area (Å²) in [5, 5.41) is 22.6. The van der Waals surface area contributed by atoms with E-state index in [1.54, 1.807) is 26.4 Å². The molecule has 12 nitrogen and oxygen atoms in total. The Bertz CT molecular complexity index is 1380. The van der Waals surface area contributed by atoms with Gasteiger partial charge in [-0.3, -0.25) is 0 Å². The number of hydrogen-bond acceptors (Lipinski definition) is 12. The molecule has 0 spiro atoms. The van der Waals surface area contributed by atoms with Gasteiger partial charge in [-0.25, -0.2) is 9.98 Å². The van der Waals surface area contributed by atoms with E-state index in [4.69, 9.17) is 47.9 Å². The molecule has 6 rings (SSSR count). The van der Waals surface area contributed by atoms with Crippen LogP contribution in [0.5, 0.6) is 34.5 Å². The van der Waals surface area contributed by atoms with Gasteiger partial charge in [0.05, 0.1) is 36.5 Å². The summed E-state index contributed by atoms with van der Waals surface area (Å²) in [6, 6.07) is 2.64. The molecule has 2 N–H and O–H groups in total. The van der Waals surface area contributed by atoms with Crippen LogP contribution in [0.4, 0.5) is 0 Å². The normalized spacial score (nSPS) is 20.3. The fourth-order valence-electron chi connectivity index (χ4n) is 6.28. The lowest BCUT2D eigenvalue weighted by molar-refractivity contribution is 0.000206. The van der Waals surface area contributed by atoms with E-state index in [0.29, 0.717) is 94.2 Å². The second-order valence-corrected chi connectivity index (χ2v) is 11.3. The number of benzene rings is 2. The van der Waals surface area contributed by atoms with Gasteiger partial charge >= 0.3 is 0 Å². The van der Waals surface area contributed by atoms with Gasteiger partial charge < -0.3 is 48.1 Å². The minimum atomic E-state index is -1.03. The van der Waals surface area contributed by atoms with E-state index >= 15 is 0 Å². The number of hydrogen-bond donors (Lipinski definition) is 2. The lowest BCUT2D eigenvalue weighted by Gasteiger charge is -2.28. The van der Waals surface area contributed by atoms with Gasteiger partial charge in [0.2, 0.25) is 36.9 Å². The van der Waals surface area contributed by atoms with Crippen molar-refractivity contribution >= 4 is 11.8 Å². The Hall–Kier alpha value is -3.90. The van der Waals surface area contributed by atoms with Crippen LogP contribution in [0.25, 0.3) is 11.1 Å². The van der Waals surface area contributed by atoms with Crippen molar-refractivity contribution in [2.75, 3.05) is 41.0 Å². The van der Waals surface area contributed by atoms with Gasteiger partial charge in [-0.15, -0.1) is 0 Å². The molecule has 0 saturated heterocycles. The minimum absolute atomic E-state index is 0.00517. The molecular formula is C32H40N2O10. The molecule has 4 heterocycles. The zero-order valence-corrected chi connectivity index (χ0v) is 26.0. The molecule has 0 aliphatic carbocycles. The molecule has 2 aromatic carbocycles. The highest BCUT2D eigenvalue weighted by molar-refractivity contribution is 6.11. The van der Waals surface area contributed by atoms with E-state index in [1.807, 2.05) is 27.7 Å². The third-order valence-electron chi connectivity index (χ3n) is 9.35. The average Bonchev–Trinajstić information content (AvgIpc) is 3.88. The van der Waals surface area contributed by atoms with Crippen molar-refractivity contribution in [2.45, 2.75) is 76.7 Å². The molecule has 4 aliphatic rings. The molecule has 0 fully saturated rings. The monoisotopic (exact) mass is 612 g/mol. The van der Waals surface area contributed by atoms with Crippen LogP contribution in [0.3, 0.4) is 0 Å².